The average molecular weight is 1470 g/mol. The molecule has 0 bridgehead atoms. The van der Waals surface area contributed by atoms with Crippen LogP contribution in [-0.4, -0.2) is 95.9 Å². The van der Waals surface area contributed by atoms with E-state index in [0.717, 1.165) is 193 Å². The molecule has 0 fully saturated rings. The molecule has 5 atom stereocenters. The Kier molecular flexibility index (Phi) is 71.5. The normalized spacial score (nSPS) is 15.1. The maximum Gasteiger partial charge on any atom is 0.472 e. The zero-order valence-corrected chi connectivity index (χ0v) is 64.9. The van der Waals surface area contributed by atoms with Crippen molar-refractivity contribution in [3.8, 4) is 0 Å². The Morgan fingerprint density at radius 1 is 0.272 bits per heavy atom. The van der Waals surface area contributed by atoms with E-state index < -0.39 is 91.5 Å². The Hall–Kier alpha value is -5.87. The topological polar surface area (TPSA) is 231 Å². The maximum absolute atomic E-state index is 13.0. The summed E-state index contributed by atoms with van der Waals surface area (Å²) in [6, 6.07) is 0. The van der Waals surface area contributed by atoms with Gasteiger partial charge in [0.25, 0.3) is 0 Å². The number of hydrogen-bond acceptors (Lipinski definition) is 14. The van der Waals surface area contributed by atoms with Gasteiger partial charge in [-0.15, -0.1) is 0 Å². The fourth-order valence-electron chi connectivity index (χ4n) is 9.25. The maximum atomic E-state index is 13.0. The lowest BCUT2D eigenvalue weighted by Gasteiger charge is -2.21. The summed E-state index contributed by atoms with van der Waals surface area (Å²) in [4.78, 5) is 58.7. The summed E-state index contributed by atoms with van der Waals surface area (Å²) < 4.78 is 61.1. The van der Waals surface area contributed by atoms with Gasteiger partial charge in [0.05, 0.1) is 26.4 Å². The molecule has 18 heteroatoms. The molecule has 0 rings (SSSR count). The number of hydrogen-bond donors (Lipinski definition) is 4. The molecule has 0 saturated heterocycles. The number of aliphatic hydroxyl groups excluding tert-OH is 2. The highest BCUT2D eigenvalue weighted by Gasteiger charge is 2.29. The van der Waals surface area contributed by atoms with Crippen molar-refractivity contribution in [2.24, 2.45) is 0 Å². The quantitative estimate of drug-likeness (QED) is 0.0146. The number of allylic oxidation sites excluding steroid dienone is 34. The molecule has 0 saturated carbocycles. The largest absolute Gasteiger partial charge is 0.472 e. The van der Waals surface area contributed by atoms with Crippen molar-refractivity contribution in [1.29, 1.82) is 0 Å². The second kappa shape index (κ2) is 75.8. The molecule has 0 aromatic rings. The van der Waals surface area contributed by atoms with Gasteiger partial charge >= 0.3 is 33.6 Å². The molecule has 103 heavy (non-hydrogen) atoms. The predicted molar refractivity (Wildman–Crippen MR) is 426 cm³/mol. The summed E-state index contributed by atoms with van der Waals surface area (Å²) in [7, 11) is -9.84. The van der Waals surface area contributed by atoms with Gasteiger partial charge in [-0.3, -0.25) is 32.5 Å². The van der Waals surface area contributed by atoms with Gasteiger partial charge in [-0.25, -0.2) is 9.13 Å². The van der Waals surface area contributed by atoms with Crippen LogP contribution in [0, 0.1) is 0 Å². The highest BCUT2D eigenvalue weighted by atomic mass is 31.2. The van der Waals surface area contributed by atoms with Crippen LogP contribution in [-0.2, 0) is 55.8 Å². The minimum absolute atomic E-state index is 0.0494. The molecule has 0 amide bonds. The molecule has 0 aromatic heterocycles. The lowest BCUT2D eigenvalue weighted by molar-refractivity contribution is -0.161. The van der Waals surface area contributed by atoms with Gasteiger partial charge in [0.2, 0.25) is 0 Å². The molecule has 0 spiro atoms. The van der Waals surface area contributed by atoms with Crippen LogP contribution in [0.5, 0.6) is 0 Å². The Morgan fingerprint density at radius 3 is 0.777 bits per heavy atom. The van der Waals surface area contributed by atoms with E-state index in [9.17, 15) is 43.5 Å². The van der Waals surface area contributed by atoms with E-state index in [0.29, 0.717) is 19.3 Å². The summed E-state index contributed by atoms with van der Waals surface area (Å²) in [5, 5.41) is 20.6. The third-order valence-electron chi connectivity index (χ3n) is 15.0. The summed E-state index contributed by atoms with van der Waals surface area (Å²) in [5.41, 5.74) is 0. The molecule has 0 radical (unpaired) electrons. The van der Waals surface area contributed by atoms with Crippen molar-refractivity contribution in [2.45, 2.75) is 270 Å². The second-order valence-corrected chi connectivity index (χ2v) is 27.6. The van der Waals surface area contributed by atoms with Crippen LogP contribution in [0.25, 0.3) is 0 Å². The highest BCUT2D eigenvalue weighted by Crippen LogP contribution is 2.45. The molecule has 4 N–H and O–H groups in total. The number of unbranched alkanes of at least 4 members (excludes halogenated alkanes) is 13. The van der Waals surface area contributed by atoms with Crippen molar-refractivity contribution in [3.63, 3.8) is 0 Å². The number of aliphatic hydroxyl groups is 2. The van der Waals surface area contributed by atoms with Gasteiger partial charge in [0, 0.05) is 19.3 Å². The minimum Gasteiger partial charge on any atom is -0.463 e. The lowest BCUT2D eigenvalue weighted by atomic mass is 10.1. The van der Waals surface area contributed by atoms with Crippen LogP contribution in [0.3, 0.4) is 0 Å². The van der Waals surface area contributed by atoms with E-state index in [4.69, 9.17) is 32.3 Å². The van der Waals surface area contributed by atoms with E-state index in [1.165, 1.54) is 0 Å². The standard InChI is InChI=1S/C85H134O16P2/c1-4-7-10-13-16-19-22-25-28-31-34-36-38-39-41-43-45-47-50-53-56-59-62-65-68-71-83(88)95-74-80(86)75-97-102(91,92)98-76-81(87)77-99-103(93,94)100-79-82(101-85(90)73-70-67-64-61-58-55-52-49-44-33-30-27-24-21-18-15-12-9-6-3)78-96-84(89)72-69-66-63-60-57-54-51-48-46-42-40-37-35-32-29-26-23-20-17-14-11-8-5-2/h7-12,16-21,25-30,34-37,39,41-42,44-47,49,51,54-55,58,80-82,86-87H,4-6,13-15,22-24,31-33,38,40,43,48,50,52-53,56-57,59-79H2,1-3H3,(H,91,92)(H,93,94)/b10-7-,11-8-,12-9-,19-16-,20-17-,21-18-,28-25-,29-26-,30-27-,36-34-,37-35-,41-39-,46-42-,47-45-,49-44-,54-51-,58-55-. The molecule has 16 nitrogen and oxygen atoms in total. The Labute approximate surface area is 622 Å². The SMILES string of the molecule is CC/C=C\C/C=C\C/C=C\C/C=C\C/C=C\C/C=C\CCCCCCCCC(=O)OCC(O)COP(=O)(O)OCC(O)COP(=O)(O)OCC(COC(=O)CCCCCC/C=C\C/C=C\C/C=C\C/C=C\C/C=C\C/C=C\CC)OC(=O)CCCCC/C=C\C/C=C\C/C=C\C/C=C\C/C=C\CC. The number of phosphoric ester groups is 2. The summed E-state index contributed by atoms with van der Waals surface area (Å²) in [6.07, 6.45) is 100. The monoisotopic (exact) mass is 1470 g/mol. The van der Waals surface area contributed by atoms with Crippen LogP contribution in [0.4, 0.5) is 0 Å². The fourth-order valence-corrected chi connectivity index (χ4v) is 10.8. The summed E-state index contributed by atoms with van der Waals surface area (Å²) in [5.74, 6) is -1.67. The first-order valence-corrected chi connectivity index (χ1v) is 41.4. The first-order valence-electron chi connectivity index (χ1n) is 38.4. The lowest BCUT2D eigenvalue weighted by Crippen LogP contribution is -2.30. The van der Waals surface area contributed by atoms with Crippen molar-refractivity contribution < 1.29 is 75.8 Å². The summed E-state index contributed by atoms with van der Waals surface area (Å²) in [6.45, 7) is 2.21. The van der Waals surface area contributed by atoms with Crippen molar-refractivity contribution in [3.05, 3.63) is 207 Å². The van der Waals surface area contributed by atoms with Crippen molar-refractivity contribution in [1.82, 2.24) is 0 Å². The van der Waals surface area contributed by atoms with Gasteiger partial charge in [-0.2, -0.15) is 0 Å². The fraction of sp³-hybridized carbons (Fsp3) is 0.565. The van der Waals surface area contributed by atoms with E-state index >= 15 is 0 Å². The van der Waals surface area contributed by atoms with Crippen LogP contribution >= 0.6 is 15.6 Å². The number of esters is 3. The molecule has 0 aliphatic rings. The third kappa shape index (κ3) is 77.1. The zero-order valence-electron chi connectivity index (χ0n) is 63.1. The molecule has 580 valence electrons. The first-order chi connectivity index (χ1) is 50.2. The summed E-state index contributed by atoms with van der Waals surface area (Å²) >= 11 is 0. The third-order valence-corrected chi connectivity index (χ3v) is 16.9. The highest BCUT2D eigenvalue weighted by molar-refractivity contribution is 7.47. The first kappa shape index (κ1) is 97.1. The van der Waals surface area contributed by atoms with Gasteiger partial charge in [-0.05, 0) is 167 Å². The van der Waals surface area contributed by atoms with Crippen LogP contribution in [0.1, 0.15) is 252 Å². The molecular formula is C85H134O16P2. The van der Waals surface area contributed by atoms with E-state index in [1.807, 2.05) is 0 Å². The zero-order chi connectivity index (χ0) is 75.2. The predicted octanol–water partition coefficient (Wildman–Crippen LogP) is 22.5. The van der Waals surface area contributed by atoms with Crippen molar-refractivity contribution >= 4 is 33.6 Å². The minimum atomic E-state index is -4.96. The van der Waals surface area contributed by atoms with Gasteiger partial charge in [-0.1, -0.05) is 272 Å². The van der Waals surface area contributed by atoms with E-state index in [-0.39, 0.29) is 19.3 Å². The second-order valence-electron chi connectivity index (χ2n) is 24.7. The number of rotatable bonds is 70. The number of ether oxygens (including phenoxy) is 3. The molecule has 5 unspecified atom stereocenters. The van der Waals surface area contributed by atoms with Crippen LogP contribution < -0.4 is 0 Å². The number of carbonyl (C=O) groups excluding carboxylic acids is 3. The smallest absolute Gasteiger partial charge is 0.463 e. The van der Waals surface area contributed by atoms with Gasteiger partial charge in [0.1, 0.15) is 25.4 Å². The Balaban J connectivity index is 4.78. The molecule has 0 aliphatic heterocycles. The molecule has 0 aliphatic carbocycles. The van der Waals surface area contributed by atoms with E-state index in [1.54, 1.807) is 0 Å². The van der Waals surface area contributed by atoms with Crippen LogP contribution in [0.15, 0.2) is 207 Å². The Morgan fingerprint density at radius 2 is 0.485 bits per heavy atom. The average Bonchev–Trinajstić information content (AvgIpc) is 0.922. The number of carbonyl (C=O) groups is 3. The van der Waals surface area contributed by atoms with E-state index in [2.05, 4.69) is 227 Å². The number of phosphoric acid groups is 2. The molecule has 0 heterocycles. The van der Waals surface area contributed by atoms with Gasteiger partial charge < -0.3 is 34.2 Å². The molecular weight excluding hydrogens is 1340 g/mol. The van der Waals surface area contributed by atoms with Gasteiger partial charge in [0.15, 0.2) is 6.10 Å². The molecule has 0 aromatic carbocycles. The Bertz CT molecular complexity index is 2700. The van der Waals surface area contributed by atoms with Crippen LogP contribution in [0.2, 0.25) is 0 Å². The van der Waals surface area contributed by atoms with Crippen molar-refractivity contribution in [2.75, 3.05) is 39.6 Å².